The van der Waals surface area contributed by atoms with E-state index in [-0.39, 0.29) is 0 Å². The van der Waals surface area contributed by atoms with Crippen molar-refractivity contribution in [3.05, 3.63) is 82.8 Å². The fourth-order valence-corrected chi connectivity index (χ4v) is 2.24. The van der Waals surface area contributed by atoms with E-state index >= 15 is 0 Å². The SMILES string of the molecule is C/C=C/C(=C(/C)NCc1ccc(C#N)cn1)c1ccc(C#N)cc1. The van der Waals surface area contributed by atoms with Gasteiger partial charge in [-0.1, -0.05) is 24.3 Å². The van der Waals surface area contributed by atoms with Gasteiger partial charge in [-0.2, -0.15) is 10.5 Å². The summed E-state index contributed by atoms with van der Waals surface area (Å²) in [6, 6.07) is 15.3. The van der Waals surface area contributed by atoms with Crippen LogP contribution in [-0.2, 0) is 6.54 Å². The Morgan fingerprint density at radius 3 is 2.29 bits per heavy atom. The number of rotatable bonds is 5. The molecule has 0 unspecified atom stereocenters. The quantitative estimate of drug-likeness (QED) is 0.849. The molecule has 2 rings (SSSR count). The number of benzene rings is 1. The molecule has 1 heterocycles. The van der Waals surface area contributed by atoms with Crippen molar-refractivity contribution in [2.24, 2.45) is 0 Å². The molecule has 0 radical (unpaired) electrons. The van der Waals surface area contributed by atoms with E-state index in [1.165, 1.54) is 0 Å². The molecule has 4 heteroatoms. The molecule has 0 bridgehead atoms. The molecule has 0 aliphatic carbocycles. The highest BCUT2D eigenvalue weighted by Crippen LogP contribution is 2.20. The molecule has 0 amide bonds. The molecular weight excluding hydrogens is 296 g/mol. The predicted molar refractivity (Wildman–Crippen MR) is 94.4 cm³/mol. The highest BCUT2D eigenvalue weighted by Gasteiger charge is 2.04. The molecular formula is C20H18N4. The Labute approximate surface area is 142 Å². The van der Waals surface area contributed by atoms with Gasteiger partial charge < -0.3 is 5.32 Å². The number of nitriles is 2. The summed E-state index contributed by atoms with van der Waals surface area (Å²) in [5.41, 5.74) is 5.20. The summed E-state index contributed by atoms with van der Waals surface area (Å²) < 4.78 is 0. The topological polar surface area (TPSA) is 72.5 Å². The number of pyridine rings is 1. The minimum Gasteiger partial charge on any atom is -0.382 e. The van der Waals surface area contributed by atoms with Crippen molar-refractivity contribution in [3.8, 4) is 12.1 Å². The average Bonchev–Trinajstić information content (AvgIpc) is 2.64. The maximum atomic E-state index is 8.91. The van der Waals surface area contributed by atoms with Crippen LogP contribution in [0.15, 0.2) is 60.4 Å². The average molecular weight is 314 g/mol. The van der Waals surface area contributed by atoms with Crippen molar-refractivity contribution in [2.75, 3.05) is 0 Å². The summed E-state index contributed by atoms with van der Waals surface area (Å²) in [4.78, 5) is 4.26. The van der Waals surface area contributed by atoms with Crippen molar-refractivity contribution >= 4 is 5.57 Å². The van der Waals surface area contributed by atoms with Gasteiger partial charge in [0.25, 0.3) is 0 Å². The third-order valence-corrected chi connectivity index (χ3v) is 3.55. The number of allylic oxidation sites excluding steroid dienone is 4. The Morgan fingerprint density at radius 1 is 1.08 bits per heavy atom. The number of aromatic nitrogens is 1. The number of nitrogens with one attached hydrogen (secondary N) is 1. The van der Waals surface area contributed by atoms with Crippen LogP contribution in [0.5, 0.6) is 0 Å². The Balaban J connectivity index is 2.20. The summed E-state index contributed by atoms with van der Waals surface area (Å²) in [7, 11) is 0. The second-order valence-electron chi connectivity index (χ2n) is 5.23. The van der Waals surface area contributed by atoms with Crippen LogP contribution in [-0.4, -0.2) is 4.98 Å². The minimum absolute atomic E-state index is 0.554. The van der Waals surface area contributed by atoms with E-state index in [4.69, 9.17) is 10.5 Å². The standard InChI is InChI=1S/C20H18N4/c1-3-4-20(18-8-5-16(11-21)6-9-18)15(2)23-14-19-10-7-17(12-22)13-24-19/h3-10,13,23H,14H2,1-2H3/b4-3+,20-15+. The lowest BCUT2D eigenvalue weighted by Gasteiger charge is -2.12. The van der Waals surface area contributed by atoms with Crippen LogP contribution in [0.1, 0.15) is 36.2 Å². The number of nitrogens with zero attached hydrogens (tertiary/aromatic N) is 3. The van der Waals surface area contributed by atoms with Crippen LogP contribution >= 0.6 is 0 Å². The maximum Gasteiger partial charge on any atom is 0.101 e. The van der Waals surface area contributed by atoms with Gasteiger partial charge in [0.2, 0.25) is 0 Å². The van der Waals surface area contributed by atoms with Crippen molar-refractivity contribution in [2.45, 2.75) is 20.4 Å². The minimum atomic E-state index is 0.554. The molecule has 1 aromatic carbocycles. The molecule has 4 nitrogen and oxygen atoms in total. The first-order chi connectivity index (χ1) is 11.7. The summed E-state index contributed by atoms with van der Waals surface area (Å²) in [5, 5.41) is 21.1. The molecule has 0 spiro atoms. The van der Waals surface area contributed by atoms with Crippen LogP contribution in [0.3, 0.4) is 0 Å². The Kier molecular flexibility index (Phi) is 5.88. The third kappa shape index (κ3) is 4.32. The summed E-state index contributed by atoms with van der Waals surface area (Å²) >= 11 is 0. The second-order valence-corrected chi connectivity index (χ2v) is 5.23. The van der Waals surface area contributed by atoms with Gasteiger partial charge in [-0.05, 0) is 49.2 Å². The van der Waals surface area contributed by atoms with Gasteiger partial charge in [-0.3, -0.25) is 4.98 Å². The monoisotopic (exact) mass is 314 g/mol. The lowest BCUT2D eigenvalue weighted by Crippen LogP contribution is -2.13. The smallest absolute Gasteiger partial charge is 0.101 e. The lowest BCUT2D eigenvalue weighted by molar-refractivity contribution is 0.789. The van der Waals surface area contributed by atoms with E-state index in [0.29, 0.717) is 17.7 Å². The second kappa shape index (κ2) is 8.31. The van der Waals surface area contributed by atoms with E-state index in [1.54, 1.807) is 12.3 Å². The predicted octanol–water partition coefficient (Wildman–Crippen LogP) is 3.92. The van der Waals surface area contributed by atoms with Gasteiger partial charge in [0.1, 0.15) is 6.07 Å². The summed E-state index contributed by atoms with van der Waals surface area (Å²) in [6.07, 6.45) is 5.60. The first-order valence-corrected chi connectivity index (χ1v) is 7.61. The maximum absolute atomic E-state index is 8.91. The van der Waals surface area contributed by atoms with Crippen LogP contribution in [0.25, 0.3) is 5.57 Å². The molecule has 2 aromatic rings. The molecule has 0 aliphatic rings. The molecule has 0 saturated carbocycles. The van der Waals surface area contributed by atoms with Crippen LogP contribution in [0.2, 0.25) is 0 Å². The van der Waals surface area contributed by atoms with E-state index < -0.39 is 0 Å². The number of hydrogen-bond donors (Lipinski definition) is 1. The molecule has 24 heavy (non-hydrogen) atoms. The summed E-state index contributed by atoms with van der Waals surface area (Å²) in [5.74, 6) is 0. The zero-order valence-electron chi connectivity index (χ0n) is 13.7. The fraction of sp³-hybridized carbons (Fsp3) is 0.150. The zero-order valence-corrected chi connectivity index (χ0v) is 13.7. The van der Waals surface area contributed by atoms with Gasteiger partial charge in [-0.25, -0.2) is 0 Å². The molecule has 0 fully saturated rings. The Bertz CT molecular complexity index is 829. The zero-order chi connectivity index (χ0) is 17.4. The van der Waals surface area contributed by atoms with E-state index in [0.717, 1.165) is 22.5 Å². The molecule has 118 valence electrons. The van der Waals surface area contributed by atoms with Crippen LogP contribution in [0, 0.1) is 22.7 Å². The van der Waals surface area contributed by atoms with Crippen molar-refractivity contribution in [1.29, 1.82) is 10.5 Å². The summed E-state index contributed by atoms with van der Waals surface area (Å²) in [6.45, 7) is 4.56. The fourth-order valence-electron chi connectivity index (χ4n) is 2.24. The van der Waals surface area contributed by atoms with E-state index in [9.17, 15) is 0 Å². The van der Waals surface area contributed by atoms with Gasteiger partial charge in [0.05, 0.1) is 29.4 Å². The van der Waals surface area contributed by atoms with Gasteiger partial charge >= 0.3 is 0 Å². The van der Waals surface area contributed by atoms with Crippen molar-refractivity contribution in [1.82, 2.24) is 10.3 Å². The van der Waals surface area contributed by atoms with Gasteiger partial charge in [0.15, 0.2) is 0 Å². The lowest BCUT2D eigenvalue weighted by atomic mass is 10.0. The highest BCUT2D eigenvalue weighted by atomic mass is 14.9. The van der Waals surface area contributed by atoms with Crippen LogP contribution in [0.4, 0.5) is 0 Å². The van der Waals surface area contributed by atoms with Gasteiger partial charge in [-0.15, -0.1) is 0 Å². The third-order valence-electron chi connectivity index (χ3n) is 3.55. The van der Waals surface area contributed by atoms with E-state index in [1.807, 2.05) is 56.3 Å². The van der Waals surface area contributed by atoms with Crippen molar-refractivity contribution < 1.29 is 0 Å². The molecule has 1 N–H and O–H groups in total. The highest BCUT2D eigenvalue weighted by molar-refractivity contribution is 5.76. The molecule has 1 aromatic heterocycles. The van der Waals surface area contributed by atoms with Gasteiger partial charge in [0, 0.05) is 11.9 Å². The largest absolute Gasteiger partial charge is 0.382 e. The van der Waals surface area contributed by atoms with Crippen molar-refractivity contribution in [3.63, 3.8) is 0 Å². The first-order valence-electron chi connectivity index (χ1n) is 7.61. The molecule has 0 atom stereocenters. The first kappa shape index (κ1) is 17.0. The number of hydrogen-bond acceptors (Lipinski definition) is 4. The molecule has 0 aliphatic heterocycles. The molecule has 0 saturated heterocycles. The normalized spacial score (nSPS) is 11.5. The van der Waals surface area contributed by atoms with Crippen LogP contribution < -0.4 is 5.32 Å². The Hall–Kier alpha value is -3.37. The Morgan fingerprint density at radius 2 is 1.75 bits per heavy atom. The van der Waals surface area contributed by atoms with E-state index in [2.05, 4.69) is 22.4 Å².